The van der Waals surface area contributed by atoms with Gasteiger partial charge in [0, 0.05) is 34.3 Å². The Morgan fingerprint density at radius 2 is 2.00 bits per heavy atom. The number of nitrogens with one attached hydrogen (secondary N) is 1. The van der Waals surface area contributed by atoms with E-state index in [1.54, 1.807) is 18.3 Å². The van der Waals surface area contributed by atoms with Crippen LogP contribution in [-0.2, 0) is 4.79 Å². The van der Waals surface area contributed by atoms with Crippen molar-refractivity contribution in [2.45, 2.75) is 70.4 Å². The van der Waals surface area contributed by atoms with E-state index in [0.29, 0.717) is 12.0 Å². The average molecular weight is 469 g/mol. The molecule has 0 aliphatic carbocycles. The number of aryl methyl sites for hydroxylation is 1. The van der Waals surface area contributed by atoms with Gasteiger partial charge in [0.2, 0.25) is 5.91 Å². The number of thioether (sulfide) groups is 1. The van der Waals surface area contributed by atoms with Crippen LogP contribution in [0.3, 0.4) is 0 Å². The van der Waals surface area contributed by atoms with E-state index in [2.05, 4.69) is 69.1 Å². The van der Waals surface area contributed by atoms with Gasteiger partial charge in [0.25, 0.3) is 5.69 Å². The molecular formula is C25H32N4O3S. The molecule has 1 amide bonds. The second kappa shape index (κ2) is 9.95. The smallest absolute Gasteiger partial charge is 0.269 e. The molecule has 1 N–H and O–H groups in total. The molecule has 1 aliphatic heterocycles. The van der Waals surface area contributed by atoms with E-state index in [1.165, 1.54) is 35.1 Å². The number of amides is 1. The molecule has 33 heavy (non-hydrogen) atoms. The number of carbonyl (C=O) groups is 1. The second-order valence-corrected chi connectivity index (χ2v) is 10.5. The van der Waals surface area contributed by atoms with Gasteiger partial charge < -0.3 is 4.90 Å². The lowest BCUT2D eigenvalue weighted by Crippen LogP contribution is -2.51. The van der Waals surface area contributed by atoms with Crippen LogP contribution in [0.5, 0.6) is 0 Å². The molecule has 2 aromatic rings. The van der Waals surface area contributed by atoms with E-state index in [4.69, 9.17) is 0 Å². The summed E-state index contributed by atoms with van der Waals surface area (Å²) in [6.45, 7) is 13.4. The van der Waals surface area contributed by atoms with E-state index in [0.717, 1.165) is 22.4 Å². The Balaban J connectivity index is 1.66. The van der Waals surface area contributed by atoms with E-state index < -0.39 is 4.92 Å². The molecular weight excluding hydrogens is 436 g/mol. The molecule has 0 aromatic heterocycles. The minimum atomic E-state index is -0.444. The van der Waals surface area contributed by atoms with Gasteiger partial charge in [-0.05, 0) is 87.9 Å². The first-order valence-electron chi connectivity index (χ1n) is 11.1. The third-order valence-corrected chi connectivity index (χ3v) is 7.00. The number of hydrogen-bond acceptors (Lipinski definition) is 6. The minimum Gasteiger partial charge on any atom is -0.364 e. The van der Waals surface area contributed by atoms with Crippen LogP contribution in [0.1, 0.15) is 63.6 Å². The van der Waals surface area contributed by atoms with Gasteiger partial charge >= 0.3 is 0 Å². The second-order valence-electron chi connectivity index (χ2n) is 9.48. The van der Waals surface area contributed by atoms with Crippen molar-refractivity contribution < 1.29 is 9.72 Å². The normalized spacial score (nSPS) is 17.3. The molecule has 0 saturated heterocycles. The average Bonchev–Trinajstić information content (AvgIpc) is 2.72. The Labute approximate surface area is 199 Å². The van der Waals surface area contributed by atoms with Gasteiger partial charge in [0.05, 0.1) is 16.9 Å². The van der Waals surface area contributed by atoms with Crippen molar-refractivity contribution in [2.75, 3.05) is 10.7 Å². The number of carbonyl (C=O) groups excluding carboxylic acids is 1. The summed E-state index contributed by atoms with van der Waals surface area (Å²) in [7, 11) is 0. The number of nitro groups is 1. The van der Waals surface area contributed by atoms with Gasteiger partial charge in [-0.1, -0.05) is 6.92 Å². The minimum absolute atomic E-state index is 0.0308. The summed E-state index contributed by atoms with van der Waals surface area (Å²) in [5.74, 6) is 0.380. The number of anilines is 1. The van der Waals surface area contributed by atoms with Gasteiger partial charge in [-0.2, -0.15) is 5.10 Å². The number of nitrogens with zero attached hydrogens (tertiary/aromatic N) is 3. The molecule has 1 atom stereocenters. The lowest BCUT2D eigenvalue weighted by Gasteiger charge is -2.50. The summed E-state index contributed by atoms with van der Waals surface area (Å²) < 4.78 is 0. The number of non-ortho nitro benzene ring substituents is 1. The first-order valence-corrected chi connectivity index (χ1v) is 12.1. The van der Waals surface area contributed by atoms with Crippen LogP contribution >= 0.6 is 11.8 Å². The summed E-state index contributed by atoms with van der Waals surface area (Å²) in [4.78, 5) is 25.8. The maximum absolute atomic E-state index is 12.2. The molecule has 7 nitrogen and oxygen atoms in total. The molecule has 8 heteroatoms. The highest BCUT2D eigenvalue weighted by atomic mass is 32.2. The monoisotopic (exact) mass is 468 g/mol. The van der Waals surface area contributed by atoms with Crippen LogP contribution in [0.15, 0.2) is 46.4 Å². The Kier molecular flexibility index (Phi) is 7.47. The highest BCUT2D eigenvalue weighted by Gasteiger charge is 2.37. The van der Waals surface area contributed by atoms with Crippen molar-refractivity contribution in [2.24, 2.45) is 5.10 Å². The molecule has 0 spiro atoms. The predicted molar refractivity (Wildman–Crippen MR) is 135 cm³/mol. The van der Waals surface area contributed by atoms with Crippen LogP contribution in [0.2, 0.25) is 0 Å². The Morgan fingerprint density at radius 1 is 1.33 bits per heavy atom. The fourth-order valence-electron chi connectivity index (χ4n) is 4.75. The van der Waals surface area contributed by atoms with Crippen molar-refractivity contribution in [1.82, 2.24) is 5.43 Å². The number of fused-ring (bicyclic) bond motifs is 1. The lowest BCUT2D eigenvalue weighted by atomic mass is 9.78. The van der Waals surface area contributed by atoms with Crippen molar-refractivity contribution in [1.29, 1.82) is 0 Å². The van der Waals surface area contributed by atoms with Crippen LogP contribution in [0, 0.1) is 17.0 Å². The molecule has 0 fully saturated rings. The molecule has 0 saturated carbocycles. The number of hydrazone groups is 1. The van der Waals surface area contributed by atoms with Crippen molar-refractivity contribution in [3.05, 3.63) is 63.2 Å². The van der Waals surface area contributed by atoms with Crippen LogP contribution in [-0.4, -0.2) is 34.4 Å². The topological polar surface area (TPSA) is 87.8 Å². The maximum atomic E-state index is 12.2. The highest BCUT2D eigenvalue weighted by Crippen LogP contribution is 2.45. The largest absolute Gasteiger partial charge is 0.364 e. The Bertz CT molecular complexity index is 1060. The zero-order valence-corrected chi connectivity index (χ0v) is 20.9. The Morgan fingerprint density at radius 3 is 2.61 bits per heavy atom. The third-order valence-electron chi connectivity index (χ3n) is 5.99. The highest BCUT2D eigenvalue weighted by molar-refractivity contribution is 8.00. The molecule has 1 heterocycles. The summed E-state index contributed by atoms with van der Waals surface area (Å²) in [6, 6.07) is 11.0. The summed E-state index contributed by atoms with van der Waals surface area (Å²) in [5, 5.41) is 14.9. The van der Waals surface area contributed by atoms with Gasteiger partial charge in [-0.15, -0.1) is 11.8 Å². The summed E-state index contributed by atoms with van der Waals surface area (Å²) >= 11 is 1.31. The van der Waals surface area contributed by atoms with Gasteiger partial charge in [0.15, 0.2) is 0 Å². The lowest BCUT2D eigenvalue weighted by molar-refractivity contribution is -0.384. The van der Waals surface area contributed by atoms with Crippen LogP contribution < -0.4 is 10.3 Å². The molecule has 2 aromatic carbocycles. The number of rotatable bonds is 7. The standard InChI is InChI=1S/C25H32N4O3S/c1-16(2)28-23-11-17(3)19(12-22(23)18(4)13-25(28,5)6)14-26-27-24(30)15-33-21-9-7-20(8-10-21)29(31)32/h7-12,14,16,18H,13,15H2,1-6H3,(H,27,30)/b26-14-/t18-/m0/s1. The van der Waals surface area contributed by atoms with E-state index in [1.807, 2.05) is 0 Å². The van der Waals surface area contributed by atoms with Crippen LogP contribution in [0.4, 0.5) is 11.4 Å². The van der Waals surface area contributed by atoms with E-state index in [-0.39, 0.29) is 22.9 Å². The number of hydrogen-bond donors (Lipinski definition) is 1. The van der Waals surface area contributed by atoms with Crippen molar-refractivity contribution in [3.8, 4) is 0 Å². The molecule has 0 unspecified atom stereocenters. The van der Waals surface area contributed by atoms with Crippen molar-refractivity contribution in [3.63, 3.8) is 0 Å². The number of benzene rings is 2. The fourth-order valence-corrected chi connectivity index (χ4v) is 5.44. The zero-order chi connectivity index (χ0) is 24.3. The quantitative estimate of drug-likeness (QED) is 0.246. The van der Waals surface area contributed by atoms with Crippen molar-refractivity contribution >= 4 is 35.3 Å². The molecule has 1 aliphatic rings. The van der Waals surface area contributed by atoms with Gasteiger partial charge in [-0.25, -0.2) is 5.43 Å². The first-order chi connectivity index (χ1) is 15.5. The first kappa shape index (κ1) is 24.8. The molecule has 0 radical (unpaired) electrons. The predicted octanol–water partition coefficient (Wildman–Crippen LogP) is 5.65. The molecule has 3 rings (SSSR count). The summed E-state index contributed by atoms with van der Waals surface area (Å²) in [5.41, 5.74) is 7.41. The summed E-state index contributed by atoms with van der Waals surface area (Å²) in [6.07, 6.45) is 2.78. The molecule has 0 bridgehead atoms. The fraction of sp³-hybridized carbons (Fsp3) is 0.440. The SMILES string of the molecule is Cc1cc2c(cc1/C=N\NC(=O)CSc1ccc([N+](=O)[O-])cc1)[C@@H](C)CC(C)(C)N2C(C)C. The van der Waals surface area contributed by atoms with E-state index in [9.17, 15) is 14.9 Å². The van der Waals surface area contributed by atoms with E-state index >= 15 is 0 Å². The maximum Gasteiger partial charge on any atom is 0.269 e. The van der Waals surface area contributed by atoms with Gasteiger partial charge in [0.1, 0.15) is 0 Å². The van der Waals surface area contributed by atoms with Crippen LogP contribution in [0.25, 0.3) is 0 Å². The van der Waals surface area contributed by atoms with Gasteiger partial charge in [-0.3, -0.25) is 14.9 Å². The molecule has 176 valence electrons. The number of nitro benzene ring substituents is 1. The zero-order valence-electron chi connectivity index (χ0n) is 20.1. The third kappa shape index (κ3) is 5.74. The Hall–Kier alpha value is -2.87.